The Hall–Kier alpha value is -2.74. The third kappa shape index (κ3) is 6.28. The van der Waals surface area contributed by atoms with Crippen LogP contribution in [0.25, 0.3) is 21.3 Å². The number of fused-ring (bicyclic) bond motifs is 1. The molecule has 0 saturated carbocycles. The lowest BCUT2D eigenvalue weighted by molar-refractivity contribution is 0.127. The molecule has 1 saturated heterocycles. The van der Waals surface area contributed by atoms with Crippen LogP contribution in [-0.4, -0.2) is 70.9 Å². The summed E-state index contributed by atoms with van der Waals surface area (Å²) >= 11 is 1.80. The van der Waals surface area contributed by atoms with Gasteiger partial charge in [-0.25, -0.2) is 4.98 Å². The number of piperazine rings is 1. The second-order valence-electron chi connectivity index (χ2n) is 9.25. The minimum absolute atomic E-state index is 0.750. The first-order valence-corrected chi connectivity index (χ1v) is 13.6. The molecule has 3 heterocycles. The lowest BCUT2D eigenvalue weighted by Gasteiger charge is -2.34. The van der Waals surface area contributed by atoms with Gasteiger partial charge in [-0.05, 0) is 37.0 Å². The number of thiazole rings is 1. The molecule has 1 N–H and O–H groups in total. The van der Waals surface area contributed by atoms with Crippen molar-refractivity contribution in [1.29, 1.82) is 0 Å². The van der Waals surface area contributed by atoms with Gasteiger partial charge in [0.25, 0.3) is 0 Å². The van der Waals surface area contributed by atoms with Crippen LogP contribution >= 0.6 is 11.3 Å². The molecule has 0 radical (unpaired) electrons. The number of ether oxygens (including phenoxy) is 1. The molecule has 2 aromatic heterocycles. The van der Waals surface area contributed by atoms with Crippen LogP contribution in [0.5, 0.6) is 5.75 Å². The van der Waals surface area contributed by atoms with Crippen molar-refractivity contribution in [3.63, 3.8) is 0 Å². The van der Waals surface area contributed by atoms with E-state index in [-0.39, 0.29) is 0 Å². The molecule has 4 aromatic rings. The van der Waals surface area contributed by atoms with Gasteiger partial charge in [-0.3, -0.25) is 5.10 Å². The summed E-state index contributed by atoms with van der Waals surface area (Å²) < 4.78 is 7.29. The van der Waals surface area contributed by atoms with E-state index in [1.807, 2.05) is 6.20 Å². The quantitative estimate of drug-likeness (QED) is 0.291. The van der Waals surface area contributed by atoms with Gasteiger partial charge < -0.3 is 14.5 Å². The highest BCUT2D eigenvalue weighted by Gasteiger charge is 2.17. The molecule has 35 heavy (non-hydrogen) atoms. The van der Waals surface area contributed by atoms with Crippen LogP contribution in [0.15, 0.2) is 54.7 Å². The van der Waals surface area contributed by atoms with Gasteiger partial charge in [-0.1, -0.05) is 37.3 Å². The second kappa shape index (κ2) is 11.8. The lowest BCUT2D eigenvalue weighted by Crippen LogP contribution is -2.47. The maximum absolute atomic E-state index is 6.04. The van der Waals surface area contributed by atoms with Crippen LogP contribution in [0.3, 0.4) is 0 Å². The zero-order chi connectivity index (χ0) is 23.9. The molecular formula is C28H35N5OS. The first-order chi connectivity index (χ1) is 17.3. The maximum atomic E-state index is 6.04. The summed E-state index contributed by atoms with van der Waals surface area (Å²) in [7, 11) is 0. The number of hydrogen-bond donors (Lipinski definition) is 1. The number of aryl methyl sites for hydroxylation is 1. The molecule has 1 fully saturated rings. The SMILES string of the molecule is CCCc1nc2cc(OCCCN3CCN(CCc4[nH]ncc4-c4ccccc4)CC3)ccc2s1. The Kier molecular flexibility index (Phi) is 8.08. The molecule has 0 unspecified atom stereocenters. The maximum Gasteiger partial charge on any atom is 0.121 e. The molecule has 7 heteroatoms. The largest absolute Gasteiger partial charge is 0.493 e. The highest BCUT2D eigenvalue weighted by atomic mass is 32.1. The van der Waals surface area contributed by atoms with E-state index >= 15 is 0 Å². The van der Waals surface area contributed by atoms with E-state index in [1.54, 1.807) is 11.3 Å². The van der Waals surface area contributed by atoms with Crippen molar-refractivity contribution in [2.75, 3.05) is 45.9 Å². The molecule has 0 aliphatic carbocycles. The van der Waals surface area contributed by atoms with Crippen LogP contribution in [0.1, 0.15) is 30.5 Å². The van der Waals surface area contributed by atoms with E-state index in [9.17, 15) is 0 Å². The number of H-pyrrole nitrogens is 1. The Morgan fingerprint density at radius 3 is 2.57 bits per heavy atom. The molecule has 0 atom stereocenters. The average Bonchev–Trinajstić information content (AvgIpc) is 3.53. The molecule has 0 amide bonds. The predicted molar refractivity (Wildman–Crippen MR) is 144 cm³/mol. The van der Waals surface area contributed by atoms with E-state index < -0.39 is 0 Å². The van der Waals surface area contributed by atoms with E-state index in [4.69, 9.17) is 9.72 Å². The monoisotopic (exact) mass is 489 g/mol. The zero-order valence-electron chi connectivity index (χ0n) is 20.6. The van der Waals surface area contributed by atoms with Gasteiger partial charge in [-0.2, -0.15) is 5.10 Å². The van der Waals surface area contributed by atoms with Gasteiger partial charge in [0.2, 0.25) is 0 Å². The third-order valence-electron chi connectivity index (χ3n) is 6.70. The van der Waals surface area contributed by atoms with Gasteiger partial charge in [0.1, 0.15) is 5.75 Å². The fourth-order valence-corrected chi connectivity index (χ4v) is 5.77. The molecule has 6 nitrogen and oxygen atoms in total. The molecule has 5 rings (SSSR count). The van der Waals surface area contributed by atoms with Crippen LogP contribution in [-0.2, 0) is 12.8 Å². The standard InChI is InChI=1S/C28H35N5OS/c1-2-7-28-30-26-20-23(10-11-27(26)35-28)34-19-6-13-32-15-17-33(18-16-32)14-12-25-24(21-29-31-25)22-8-4-3-5-9-22/h3-5,8-11,20-21H,2,6-7,12-19H2,1H3,(H,29,31). The number of aromatic nitrogens is 3. The van der Waals surface area contributed by atoms with Crippen molar-refractivity contribution in [3.05, 3.63) is 65.4 Å². The predicted octanol–water partition coefficient (Wildman–Crippen LogP) is 5.27. The Morgan fingerprint density at radius 2 is 1.77 bits per heavy atom. The first-order valence-electron chi connectivity index (χ1n) is 12.8. The van der Waals surface area contributed by atoms with Gasteiger partial charge in [0, 0.05) is 63.0 Å². The number of aromatic amines is 1. The van der Waals surface area contributed by atoms with Crippen molar-refractivity contribution in [3.8, 4) is 16.9 Å². The Bertz CT molecular complexity index is 1200. The lowest BCUT2D eigenvalue weighted by atomic mass is 10.0. The fourth-order valence-electron chi connectivity index (χ4n) is 4.72. The molecule has 0 bridgehead atoms. The summed E-state index contributed by atoms with van der Waals surface area (Å²) in [4.78, 5) is 9.87. The second-order valence-corrected chi connectivity index (χ2v) is 10.4. The minimum Gasteiger partial charge on any atom is -0.493 e. The van der Waals surface area contributed by atoms with E-state index in [1.165, 1.54) is 26.5 Å². The molecule has 0 spiro atoms. The number of benzene rings is 2. The normalized spacial score (nSPS) is 15.1. The van der Waals surface area contributed by atoms with Crippen LogP contribution in [0, 0.1) is 0 Å². The van der Waals surface area contributed by atoms with E-state index in [2.05, 4.69) is 75.5 Å². The van der Waals surface area contributed by atoms with Crippen LogP contribution in [0.4, 0.5) is 0 Å². The number of nitrogens with one attached hydrogen (secondary N) is 1. The summed E-state index contributed by atoms with van der Waals surface area (Å²) in [6.45, 7) is 9.60. The van der Waals surface area contributed by atoms with Crippen molar-refractivity contribution < 1.29 is 4.74 Å². The summed E-state index contributed by atoms with van der Waals surface area (Å²) in [5.74, 6) is 0.935. The van der Waals surface area contributed by atoms with Crippen molar-refractivity contribution in [2.45, 2.75) is 32.6 Å². The third-order valence-corrected chi connectivity index (χ3v) is 7.80. The van der Waals surface area contributed by atoms with E-state index in [0.717, 1.165) is 82.8 Å². The van der Waals surface area contributed by atoms with Crippen molar-refractivity contribution >= 4 is 21.6 Å². The molecule has 2 aromatic carbocycles. The highest BCUT2D eigenvalue weighted by molar-refractivity contribution is 7.18. The topological polar surface area (TPSA) is 57.3 Å². The molecule has 1 aliphatic rings. The molecular weight excluding hydrogens is 454 g/mol. The Morgan fingerprint density at radius 1 is 0.971 bits per heavy atom. The van der Waals surface area contributed by atoms with E-state index in [0.29, 0.717) is 0 Å². The highest BCUT2D eigenvalue weighted by Crippen LogP contribution is 2.27. The molecule has 1 aliphatic heterocycles. The van der Waals surface area contributed by atoms with Gasteiger partial charge in [-0.15, -0.1) is 11.3 Å². The van der Waals surface area contributed by atoms with Crippen LogP contribution in [0.2, 0.25) is 0 Å². The summed E-state index contributed by atoms with van der Waals surface area (Å²) in [5.41, 5.74) is 4.75. The minimum atomic E-state index is 0.750. The van der Waals surface area contributed by atoms with Gasteiger partial charge in [0.05, 0.1) is 28.0 Å². The van der Waals surface area contributed by atoms with Crippen molar-refractivity contribution in [2.24, 2.45) is 0 Å². The first kappa shape index (κ1) is 24.0. The smallest absolute Gasteiger partial charge is 0.121 e. The Labute approximate surface area is 211 Å². The number of hydrogen-bond acceptors (Lipinski definition) is 6. The van der Waals surface area contributed by atoms with Crippen LogP contribution < -0.4 is 4.74 Å². The molecule has 184 valence electrons. The van der Waals surface area contributed by atoms with Gasteiger partial charge >= 0.3 is 0 Å². The van der Waals surface area contributed by atoms with Gasteiger partial charge in [0.15, 0.2) is 0 Å². The fraction of sp³-hybridized carbons (Fsp3) is 0.429. The number of nitrogens with zero attached hydrogens (tertiary/aromatic N) is 4. The summed E-state index contributed by atoms with van der Waals surface area (Å²) in [5, 5.41) is 8.73. The summed E-state index contributed by atoms with van der Waals surface area (Å²) in [6.07, 6.45) is 6.19. The average molecular weight is 490 g/mol. The number of rotatable bonds is 11. The summed E-state index contributed by atoms with van der Waals surface area (Å²) in [6, 6.07) is 16.8. The zero-order valence-corrected chi connectivity index (χ0v) is 21.4. The Balaban J connectivity index is 1.01. The van der Waals surface area contributed by atoms with Crippen molar-refractivity contribution in [1.82, 2.24) is 25.0 Å².